The van der Waals surface area contributed by atoms with Crippen LogP contribution in [0.3, 0.4) is 0 Å². The van der Waals surface area contributed by atoms with Crippen molar-refractivity contribution >= 4 is 38.7 Å². The van der Waals surface area contributed by atoms with Crippen molar-refractivity contribution < 1.29 is 17.9 Å². The summed E-state index contributed by atoms with van der Waals surface area (Å²) in [6.45, 7) is 6.23. The fourth-order valence-corrected chi connectivity index (χ4v) is 4.63. The fourth-order valence-electron chi connectivity index (χ4n) is 2.85. The van der Waals surface area contributed by atoms with Gasteiger partial charge in [0.15, 0.2) is 11.4 Å². The molecule has 1 aromatic rings. The van der Waals surface area contributed by atoms with Crippen molar-refractivity contribution in [3.63, 3.8) is 0 Å². The second-order valence-corrected chi connectivity index (χ2v) is 10.2. The molecule has 2 rings (SSSR count). The number of aliphatic imine (C=N–C) groups is 1. The third-order valence-electron chi connectivity index (χ3n) is 4.20. The van der Waals surface area contributed by atoms with E-state index in [2.05, 4.69) is 15.0 Å². The molecule has 11 heteroatoms. The van der Waals surface area contributed by atoms with Crippen molar-refractivity contribution in [1.82, 2.24) is 14.9 Å². The lowest BCUT2D eigenvalue weighted by atomic mass is 10.1. The summed E-state index contributed by atoms with van der Waals surface area (Å²) in [4.78, 5) is 18.1. The highest BCUT2D eigenvalue weighted by Gasteiger charge is 2.30. The second-order valence-electron chi connectivity index (χ2n) is 7.69. The van der Waals surface area contributed by atoms with Gasteiger partial charge < -0.3 is 9.64 Å². The van der Waals surface area contributed by atoms with Gasteiger partial charge in [-0.2, -0.15) is 5.26 Å². The number of amidine groups is 1. The predicted octanol–water partition coefficient (Wildman–Crippen LogP) is 2.79. The maximum absolute atomic E-state index is 13.0. The van der Waals surface area contributed by atoms with Gasteiger partial charge in [-0.15, -0.1) is 0 Å². The van der Waals surface area contributed by atoms with Crippen molar-refractivity contribution in [2.24, 2.45) is 4.99 Å². The first-order chi connectivity index (χ1) is 14.1. The fraction of sp³-hybridized carbons (Fsp3) is 0.526. The molecule has 1 aliphatic rings. The first-order valence-electron chi connectivity index (χ1n) is 9.43. The van der Waals surface area contributed by atoms with Crippen LogP contribution in [0.1, 0.15) is 33.6 Å². The van der Waals surface area contributed by atoms with E-state index < -0.39 is 21.7 Å². The van der Waals surface area contributed by atoms with E-state index in [1.165, 1.54) is 17.8 Å². The van der Waals surface area contributed by atoms with Gasteiger partial charge in [0.2, 0.25) is 10.0 Å². The zero-order valence-electron chi connectivity index (χ0n) is 17.5. The number of likely N-dealkylation sites (tertiary alicyclic amines) is 1. The zero-order chi connectivity index (χ0) is 22.4. The summed E-state index contributed by atoms with van der Waals surface area (Å²) in [6.07, 6.45) is 4.09. The lowest BCUT2D eigenvalue weighted by Gasteiger charge is -2.33. The van der Waals surface area contributed by atoms with Crippen molar-refractivity contribution in [2.75, 3.05) is 19.3 Å². The van der Waals surface area contributed by atoms with Gasteiger partial charge in [-0.25, -0.2) is 22.9 Å². The van der Waals surface area contributed by atoms with E-state index in [0.29, 0.717) is 31.1 Å². The van der Waals surface area contributed by atoms with Crippen LogP contribution in [0, 0.1) is 11.5 Å². The Labute approximate surface area is 181 Å². The van der Waals surface area contributed by atoms with E-state index >= 15 is 0 Å². The third kappa shape index (κ3) is 6.90. The van der Waals surface area contributed by atoms with Gasteiger partial charge in [-0.1, -0.05) is 23.9 Å². The Morgan fingerprint density at radius 3 is 2.50 bits per heavy atom. The smallest absolute Gasteiger partial charge is 0.410 e. The molecule has 1 aliphatic heterocycles. The number of thioether (sulfide) groups is 1. The molecule has 0 radical (unpaired) electrons. The molecule has 1 amide bonds. The highest BCUT2D eigenvalue weighted by atomic mass is 32.2. The molecule has 1 heterocycles. The number of nitrogens with one attached hydrogen (secondary N) is 2. The minimum absolute atomic E-state index is 0.0332. The summed E-state index contributed by atoms with van der Waals surface area (Å²) in [5.41, 5.74) is -0.334. The molecule has 0 aromatic heterocycles. The Kier molecular flexibility index (Phi) is 8.11. The maximum Gasteiger partial charge on any atom is 0.410 e. The Morgan fingerprint density at radius 1 is 1.30 bits per heavy atom. The van der Waals surface area contributed by atoms with E-state index in [1.807, 2.05) is 0 Å². The summed E-state index contributed by atoms with van der Waals surface area (Å²) in [5.74, 6) is 0. The van der Waals surface area contributed by atoms with Gasteiger partial charge in [0.05, 0.1) is 5.69 Å². The molecule has 0 aliphatic carbocycles. The molecule has 1 fully saturated rings. The number of para-hydroxylation sites is 1. The Balaban J connectivity index is 2.09. The maximum atomic E-state index is 13.0. The SMILES string of the molecule is CSC(=Nc1ccccc1S(=O)(=O)NC1CCN(C(=O)OC(C)(C)C)CC1)NC#N. The normalized spacial score (nSPS) is 16.1. The molecule has 0 bridgehead atoms. The number of ether oxygens (including phenoxy) is 1. The van der Waals surface area contributed by atoms with Crippen molar-refractivity contribution in [2.45, 2.75) is 50.2 Å². The summed E-state index contributed by atoms with van der Waals surface area (Å²) in [6, 6.07) is 6.05. The molecule has 2 N–H and O–H groups in total. The highest BCUT2D eigenvalue weighted by molar-refractivity contribution is 8.13. The number of sulfonamides is 1. The van der Waals surface area contributed by atoms with Gasteiger partial charge in [0, 0.05) is 19.1 Å². The number of piperidine rings is 1. The number of hydrogen-bond acceptors (Lipinski definition) is 7. The molecular formula is C19H27N5O4S2. The van der Waals surface area contributed by atoms with Crippen molar-refractivity contribution in [3.8, 4) is 6.19 Å². The zero-order valence-corrected chi connectivity index (χ0v) is 19.1. The van der Waals surface area contributed by atoms with Crippen LogP contribution in [0.15, 0.2) is 34.2 Å². The average Bonchev–Trinajstić information content (AvgIpc) is 2.67. The predicted molar refractivity (Wildman–Crippen MR) is 117 cm³/mol. The Morgan fingerprint density at radius 2 is 1.93 bits per heavy atom. The lowest BCUT2D eigenvalue weighted by molar-refractivity contribution is 0.0203. The topological polar surface area (TPSA) is 124 Å². The van der Waals surface area contributed by atoms with Gasteiger partial charge in [0.1, 0.15) is 10.5 Å². The van der Waals surface area contributed by atoms with Crippen LogP contribution in [-0.4, -0.2) is 55.6 Å². The van der Waals surface area contributed by atoms with Crippen LogP contribution in [0.2, 0.25) is 0 Å². The summed E-state index contributed by atoms with van der Waals surface area (Å²) >= 11 is 1.20. The molecule has 1 saturated heterocycles. The minimum Gasteiger partial charge on any atom is -0.444 e. The number of nitrogens with zero attached hydrogens (tertiary/aromatic N) is 3. The summed E-state index contributed by atoms with van der Waals surface area (Å²) in [5, 5.41) is 11.5. The van der Waals surface area contributed by atoms with E-state index in [-0.39, 0.29) is 16.6 Å². The first kappa shape index (κ1) is 24.0. The van der Waals surface area contributed by atoms with Gasteiger partial charge in [-0.05, 0) is 52.0 Å². The molecule has 164 valence electrons. The van der Waals surface area contributed by atoms with E-state index in [4.69, 9.17) is 10.00 Å². The standard InChI is InChI=1S/C19H27N5O4S2/c1-19(2,3)28-18(25)24-11-9-14(10-12-24)23-30(26,27)16-8-6-5-7-15(16)22-17(29-4)21-13-20/h5-8,14,23H,9-12H2,1-4H3,(H,21,22). The monoisotopic (exact) mass is 453 g/mol. The van der Waals surface area contributed by atoms with Crippen LogP contribution < -0.4 is 10.0 Å². The molecule has 0 saturated carbocycles. The molecule has 0 spiro atoms. The number of benzene rings is 1. The molecule has 1 aromatic carbocycles. The third-order valence-corrected chi connectivity index (χ3v) is 6.35. The lowest BCUT2D eigenvalue weighted by Crippen LogP contribution is -2.47. The molecule has 0 atom stereocenters. The minimum atomic E-state index is -3.84. The summed E-state index contributed by atoms with van der Waals surface area (Å²) < 4.78 is 34.0. The first-order valence-corrected chi connectivity index (χ1v) is 12.1. The highest BCUT2D eigenvalue weighted by Crippen LogP contribution is 2.26. The van der Waals surface area contributed by atoms with Gasteiger partial charge in [-0.3, -0.25) is 5.32 Å². The van der Waals surface area contributed by atoms with E-state index in [1.54, 1.807) is 56.3 Å². The average molecular weight is 454 g/mol. The number of rotatable bonds is 4. The van der Waals surface area contributed by atoms with Crippen LogP contribution in [-0.2, 0) is 14.8 Å². The molecule has 9 nitrogen and oxygen atoms in total. The quantitative estimate of drug-likeness (QED) is 0.311. The van der Waals surface area contributed by atoms with Gasteiger partial charge in [0.25, 0.3) is 0 Å². The Hall–Kier alpha value is -2.29. The van der Waals surface area contributed by atoms with Crippen LogP contribution in [0.25, 0.3) is 0 Å². The van der Waals surface area contributed by atoms with Crippen LogP contribution in [0.5, 0.6) is 0 Å². The number of amides is 1. The van der Waals surface area contributed by atoms with E-state index in [0.717, 1.165) is 0 Å². The van der Waals surface area contributed by atoms with E-state index in [9.17, 15) is 13.2 Å². The molecule has 30 heavy (non-hydrogen) atoms. The second kappa shape index (κ2) is 10.1. The number of carbonyl (C=O) groups is 1. The van der Waals surface area contributed by atoms with Crippen molar-refractivity contribution in [1.29, 1.82) is 5.26 Å². The number of nitriles is 1. The van der Waals surface area contributed by atoms with Gasteiger partial charge >= 0.3 is 6.09 Å². The molecular weight excluding hydrogens is 426 g/mol. The number of hydrogen-bond donors (Lipinski definition) is 2. The molecule has 0 unspecified atom stereocenters. The van der Waals surface area contributed by atoms with Crippen LogP contribution in [0.4, 0.5) is 10.5 Å². The van der Waals surface area contributed by atoms with Crippen molar-refractivity contribution in [3.05, 3.63) is 24.3 Å². The summed E-state index contributed by atoms with van der Waals surface area (Å²) in [7, 11) is -3.84. The van der Waals surface area contributed by atoms with Crippen LogP contribution >= 0.6 is 11.8 Å². The Bertz CT molecular complexity index is 927. The largest absolute Gasteiger partial charge is 0.444 e. The number of carbonyl (C=O) groups excluding carboxylic acids is 1.